The fraction of sp³-hybridized carbons (Fsp3) is 0.562. The average molecular weight is 355 g/mol. The van der Waals surface area contributed by atoms with Crippen molar-refractivity contribution in [3.8, 4) is 5.75 Å². The van der Waals surface area contributed by atoms with E-state index in [0.29, 0.717) is 11.7 Å². The van der Waals surface area contributed by atoms with Crippen molar-refractivity contribution in [3.05, 3.63) is 28.2 Å². The Morgan fingerprint density at radius 1 is 1.52 bits per heavy atom. The molecule has 1 fully saturated rings. The normalized spacial score (nSPS) is 15.6. The number of nitrogens with one attached hydrogen (secondary N) is 1. The summed E-state index contributed by atoms with van der Waals surface area (Å²) in [5.74, 6) is 1.33. The molecule has 5 heteroatoms. The Morgan fingerprint density at radius 2 is 2.29 bits per heavy atom. The lowest BCUT2D eigenvalue weighted by atomic mass is 10.0. The van der Waals surface area contributed by atoms with Gasteiger partial charge in [0.05, 0.1) is 0 Å². The molecule has 0 bridgehead atoms. The maximum Gasteiger partial charge on any atom is 0.257 e. The van der Waals surface area contributed by atoms with Gasteiger partial charge in [-0.3, -0.25) is 4.79 Å². The van der Waals surface area contributed by atoms with Gasteiger partial charge in [-0.15, -0.1) is 0 Å². The van der Waals surface area contributed by atoms with Gasteiger partial charge in [-0.25, -0.2) is 0 Å². The molecule has 1 amide bonds. The molecule has 0 aromatic heterocycles. The number of rotatable bonds is 8. The first-order chi connectivity index (χ1) is 10.1. The monoisotopic (exact) mass is 354 g/mol. The van der Waals surface area contributed by atoms with E-state index in [1.165, 1.54) is 12.8 Å². The van der Waals surface area contributed by atoms with E-state index in [0.717, 1.165) is 29.4 Å². The minimum absolute atomic E-state index is 0.0587. The van der Waals surface area contributed by atoms with E-state index < -0.39 is 0 Å². The second-order valence-corrected chi connectivity index (χ2v) is 6.52. The van der Waals surface area contributed by atoms with Crippen molar-refractivity contribution >= 4 is 21.8 Å². The SMILES string of the molecule is CCC(N)Cc1cc(OCC(=O)NCC2CC2)ccc1Br. The Hall–Kier alpha value is -1.07. The van der Waals surface area contributed by atoms with E-state index in [1.54, 1.807) is 0 Å². The molecule has 1 aliphatic rings. The second kappa shape index (κ2) is 7.80. The number of benzene rings is 1. The summed E-state index contributed by atoms with van der Waals surface area (Å²) in [6, 6.07) is 5.89. The number of carbonyl (C=O) groups excluding carboxylic acids is 1. The molecule has 0 saturated heterocycles. The highest BCUT2D eigenvalue weighted by molar-refractivity contribution is 9.10. The molecule has 1 aliphatic carbocycles. The highest BCUT2D eigenvalue weighted by Gasteiger charge is 2.21. The summed E-state index contributed by atoms with van der Waals surface area (Å²) < 4.78 is 6.58. The van der Waals surface area contributed by atoms with Crippen molar-refractivity contribution in [1.29, 1.82) is 0 Å². The van der Waals surface area contributed by atoms with Crippen LogP contribution in [0.2, 0.25) is 0 Å². The number of hydrogen-bond acceptors (Lipinski definition) is 3. The molecule has 1 unspecified atom stereocenters. The van der Waals surface area contributed by atoms with E-state index in [2.05, 4.69) is 28.2 Å². The van der Waals surface area contributed by atoms with Gasteiger partial charge in [0, 0.05) is 17.1 Å². The van der Waals surface area contributed by atoms with E-state index in [1.807, 2.05) is 18.2 Å². The summed E-state index contributed by atoms with van der Waals surface area (Å²) in [7, 11) is 0. The predicted molar refractivity (Wildman–Crippen MR) is 87.3 cm³/mol. The van der Waals surface area contributed by atoms with Crippen LogP contribution in [0.3, 0.4) is 0 Å². The molecule has 1 aromatic rings. The summed E-state index contributed by atoms with van der Waals surface area (Å²) in [6.45, 7) is 2.91. The first-order valence-electron chi connectivity index (χ1n) is 7.52. The minimum Gasteiger partial charge on any atom is -0.484 e. The van der Waals surface area contributed by atoms with Crippen LogP contribution in [-0.2, 0) is 11.2 Å². The molecular formula is C16H23BrN2O2. The maximum atomic E-state index is 11.7. The van der Waals surface area contributed by atoms with Gasteiger partial charge >= 0.3 is 0 Å². The van der Waals surface area contributed by atoms with Crippen molar-refractivity contribution in [1.82, 2.24) is 5.32 Å². The largest absolute Gasteiger partial charge is 0.484 e. The second-order valence-electron chi connectivity index (χ2n) is 5.66. The maximum absolute atomic E-state index is 11.7. The zero-order valence-corrected chi connectivity index (χ0v) is 14.0. The Balaban J connectivity index is 1.84. The van der Waals surface area contributed by atoms with Crippen LogP contribution in [0.25, 0.3) is 0 Å². The topological polar surface area (TPSA) is 64.3 Å². The Morgan fingerprint density at radius 3 is 2.95 bits per heavy atom. The molecule has 3 N–H and O–H groups in total. The third kappa shape index (κ3) is 5.67. The Bertz CT molecular complexity index is 489. The molecule has 0 aliphatic heterocycles. The summed E-state index contributed by atoms with van der Waals surface area (Å²) in [5.41, 5.74) is 7.11. The number of carbonyl (C=O) groups is 1. The lowest BCUT2D eigenvalue weighted by Gasteiger charge is -2.13. The number of amides is 1. The molecular weight excluding hydrogens is 332 g/mol. The molecule has 0 radical (unpaired) electrons. The Labute approximate surface area is 134 Å². The smallest absolute Gasteiger partial charge is 0.257 e. The number of hydrogen-bond donors (Lipinski definition) is 2. The zero-order chi connectivity index (χ0) is 15.2. The van der Waals surface area contributed by atoms with E-state index in [9.17, 15) is 4.79 Å². The highest BCUT2D eigenvalue weighted by atomic mass is 79.9. The lowest BCUT2D eigenvalue weighted by molar-refractivity contribution is -0.123. The van der Waals surface area contributed by atoms with Crippen LogP contribution < -0.4 is 15.8 Å². The number of nitrogens with two attached hydrogens (primary N) is 1. The molecule has 4 nitrogen and oxygen atoms in total. The van der Waals surface area contributed by atoms with Gasteiger partial charge < -0.3 is 15.8 Å². The van der Waals surface area contributed by atoms with Gasteiger partial charge in [0.1, 0.15) is 5.75 Å². The van der Waals surface area contributed by atoms with Crippen LogP contribution in [0.4, 0.5) is 0 Å². The van der Waals surface area contributed by atoms with E-state index in [4.69, 9.17) is 10.5 Å². The van der Waals surface area contributed by atoms with Crippen molar-refractivity contribution < 1.29 is 9.53 Å². The predicted octanol–water partition coefficient (Wildman–Crippen LogP) is 2.63. The Kier molecular flexibility index (Phi) is 6.06. The molecule has 1 atom stereocenters. The van der Waals surface area contributed by atoms with Gasteiger partial charge in [-0.1, -0.05) is 22.9 Å². The van der Waals surface area contributed by atoms with Crippen LogP contribution in [0, 0.1) is 5.92 Å². The molecule has 2 rings (SSSR count). The quantitative estimate of drug-likeness (QED) is 0.754. The van der Waals surface area contributed by atoms with Crippen molar-refractivity contribution in [3.63, 3.8) is 0 Å². The van der Waals surface area contributed by atoms with E-state index >= 15 is 0 Å². The summed E-state index contributed by atoms with van der Waals surface area (Å²) in [5, 5.41) is 2.89. The van der Waals surface area contributed by atoms with Crippen LogP contribution in [0.15, 0.2) is 22.7 Å². The van der Waals surface area contributed by atoms with Gasteiger partial charge in [0.2, 0.25) is 0 Å². The lowest BCUT2D eigenvalue weighted by Crippen LogP contribution is -2.30. The van der Waals surface area contributed by atoms with Crippen LogP contribution >= 0.6 is 15.9 Å². The average Bonchev–Trinajstić information content (AvgIpc) is 3.30. The van der Waals surface area contributed by atoms with Gasteiger partial charge in [-0.2, -0.15) is 0 Å². The molecule has 1 saturated carbocycles. The fourth-order valence-corrected chi connectivity index (χ4v) is 2.41. The van der Waals surface area contributed by atoms with Crippen molar-refractivity contribution in [2.24, 2.45) is 11.7 Å². The van der Waals surface area contributed by atoms with Gasteiger partial charge in [0.15, 0.2) is 6.61 Å². The van der Waals surface area contributed by atoms with Crippen LogP contribution in [0.5, 0.6) is 5.75 Å². The third-order valence-corrected chi connectivity index (χ3v) is 4.45. The summed E-state index contributed by atoms with van der Waals surface area (Å²) in [4.78, 5) is 11.7. The zero-order valence-electron chi connectivity index (χ0n) is 12.4. The van der Waals surface area contributed by atoms with Gasteiger partial charge in [-0.05, 0) is 55.4 Å². The molecule has 116 valence electrons. The molecule has 0 spiro atoms. The van der Waals surface area contributed by atoms with Crippen molar-refractivity contribution in [2.75, 3.05) is 13.2 Å². The fourth-order valence-electron chi connectivity index (χ4n) is 2.00. The highest BCUT2D eigenvalue weighted by Crippen LogP contribution is 2.27. The van der Waals surface area contributed by atoms with E-state index in [-0.39, 0.29) is 18.6 Å². The standard InChI is InChI=1S/C16H23BrN2O2/c1-2-13(18)7-12-8-14(5-6-15(12)17)21-10-16(20)19-9-11-3-4-11/h5-6,8,11,13H,2-4,7,9-10,18H2,1H3,(H,19,20). The van der Waals surface area contributed by atoms with Gasteiger partial charge in [0.25, 0.3) is 5.91 Å². The first-order valence-corrected chi connectivity index (χ1v) is 8.31. The molecule has 21 heavy (non-hydrogen) atoms. The van der Waals surface area contributed by atoms with Crippen LogP contribution in [-0.4, -0.2) is 25.1 Å². The summed E-state index contributed by atoms with van der Waals surface area (Å²) >= 11 is 3.53. The number of halogens is 1. The molecule has 1 aromatic carbocycles. The third-order valence-electron chi connectivity index (χ3n) is 3.68. The minimum atomic E-state index is -0.0587. The van der Waals surface area contributed by atoms with Crippen LogP contribution in [0.1, 0.15) is 31.7 Å². The van der Waals surface area contributed by atoms with Crippen molar-refractivity contribution in [2.45, 2.75) is 38.6 Å². The molecule has 0 heterocycles. The first kappa shape index (κ1) is 16.3. The number of ether oxygens (including phenoxy) is 1. The summed E-state index contributed by atoms with van der Waals surface area (Å²) in [6.07, 6.45) is 4.19.